The van der Waals surface area contributed by atoms with Crippen LogP contribution in [-0.4, -0.2) is 18.3 Å². The van der Waals surface area contributed by atoms with Crippen molar-refractivity contribution in [2.75, 3.05) is 13.2 Å². The summed E-state index contributed by atoms with van der Waals surface area (Å²) in [6.07, 6.45) is 0. The third-order valence-corrected chi connectivity index (χ3v) is 3.74. The average molecular weight is 341 g/mol. The summed E-state index contributed by atoms with van der Waals surface area (Å²) in [6.45, 7) is 5.60. The summed E-state index contributed by atoms with van der Waals surface area (Å²) in [7, 11) is 0. The fraction of sp³-hybridized carbons (Fsp3) is 0.600. The minimum absolute atomic E-state index is 0.0962. The van der Waals surface area contributed by atoms with Crippen LogP contribution in [0.1, 0.15) is 19.6 Å². The zero-order valence-corrected chi connectivity index (χ0v) is 12.0. The zero-order chi connectivity index (χ0) is 11.5. The normalized spacial score (nSPS) is 12.1. The molecule has 86 valence electrons. The minimum atomic E-state index is -0.0962. The van der Waals surface area contributed by atoms with Gasteiger partial charge in [-0.3, -0.25) is 0 Å². The molecule has 0 radical (unpaired) electrons. The molecule has 0 aliphatic rings. The lowest BCUT2D eigenvalue weighted by Crippen LogP contribution is -2.31. The molecule has 0 bridgehead atoms. The van der Waals surface area contributed by atoms with Gasteiger partial charge in [-0.2, -0.15) is 0 Å². The number of furan rings is 1. The van der Waals surface area contributed by atoms with Crippen LogP contribution in [0.4, 0.5) is 0 Å². The Morgan fingerprint density at radius 2 is 2.13 bits per heavy atom. The van der Waals surface area contributed by atoms with Crippen LogP contribution in [0.15, 0.2) is 19.6 Å². The Labute approximate surface area is 106 Å². The largest absolute Gasteiger partial charge is 0.452 e. The molecule has 15 heavy (non-hydrogen) atoms. The first kappa shape index (κ1) is 13.2. The summed E-state index contributed by atoms with van der Waals surface area (Å²) in [4.78, 5) is 0. The second-order valence-corrected chi connectivity index (χ2v) is 5.83. The van der Waals surface area contributed by atoms with Crippen LogP contribution in [0.3, 0.4) is 0 Å². The van der Waals surface area contributed by atoms with E-state index < -0.39 is 0 Å². The number of rotatable bonds is 5. The summed E-state index contributed by atoms with van der Waals surface area (Å²) in [5.74, 6) is 0.863. The minimum Gasteiger partial charge on any atom is -0.452 e. The molecule has 0 saturated heterocycles. The van der Waals surface area contributed by atoms with Gasteiger partial charge in [0.25, 0.3) is 0 Å². The SMILES string of the molecule is CC(C)(CO)CNCc1cc(Br)c(Br)o1. The maximum atomic E-state index is 9.06. The topological polar surface area (TPSA) is 45.4 Å². The molecule has 0 saturated carbocycles. The van der Waals surface area contributed by atoms with Crippen LogP contribution >= 0.6 is 31.9 Å². The van der Waals surface area contributed by atoms with E-state index in [1.165, 1.54) is 0 Å². The van der Waals surface area contributed by atoms with Gasteiger partial charge in [-0.15, -0.1) is 0 Å². The van der Waals surface area contributed by atoms with Gasteiger partial charge in [0.05, 0.1) is 11.0 Å². The molecule has 0 fully saturated rings. The Hall–Kier alpha value is 0.160. The Bertz CT molecular complexity index is 304. The average Bonchev–Trinajstić information content (AvgIpc) is 2.46. The number of hydrogen-bond acceptors (Lipinski definition) is 3. The Morgan fingerprint density at radius 3 is 2.60 bits per heavy atom. The number of halogens is 2. The molecule has 2 N–H and O–H groups in total. The van der Waals surface area contributed by atoms with Crippen molar-refractivity contribution < 1.29 is 9.52 Å². The van der Waals surface area contributed by atoms with E-state index in [-0.39, 0.29) is 12.0 Å². The van der Waals surface area contributed by atoms with Gasteiger partial charge < -0.3 is 14.8 Å². The van der Waals surface area contributed by atoms with E-state index in [1.54, 1.807) is 0 Å². The van der Waals surface area contributed by atoms with Gasteiger partial charge >= 0.3 is 0 Å². The first-order chi connectivity index (χ1) is 6.94. The highest BCUT2D eigenvalue weighted by atomic mass is 79.9. The van der Waals surface area contributed by atoms with Crippen LogP contribution < -0.4 is 5.32 Å². The van der Waals surface area contributed by atoms with Gasteiger partial charge in [-0.1, -0.05) is 13.8 Å². The van der Waals surface area contributed by atoms with E-state index in [2.05, 4.69) is 37.2 Å². The van der Waals surface area contributed by atoms with Gasteiger partial charge in [0.1, 0.15) is 5.76 Å². The Kier molecular flexibility index (Phi) is 4.83. The molecule has 5 heteroatoms. The lowest BCUT2D eigenvalue weighted by atomic mass is 9.95. The van der Waals surface area contributed by atoms with Gasteiger partial charge in [-0.25, -0.2) is 0 Å². The number of aliphatic hydroxyl groups excluding tert-OH is 1. The van der Waals surface area contributed by atoms with E-state index in [9.17, 15) is 0 Å². The molecule has 0 unspecified atom stereocenters. The van der Waals surface area contributed by atoms with Crippen molar-refractivity contribution in [3.8, 4) is 0 Å². The summed E-state index contributed by atoms with van der Waals surface area (Å²) >= 11 is 6.63. The summed E-state index contributed by atoms with van der Waals surface area (Å²) in [5.41, 5.74) is -0.0962. The number of hydrogen-bond donors (Lipinski definition) is 2. The highest BCUT2D eigenvalue weighted by Gasteiger charge is 2.16. The molecule has 0 aliphatic heterocycles. The van der Waals surface area contributed by atoms with Crippen LogP contribution in [0.25, 0.3) is 0 Å². The lowest BCUT2D eigenvalue weighted by Gasteiger charge is -2.21. The molecule has 0 aliphatic carbocycles. The van der Waals surface area contributed by atoms with Gasteiger partial charge in [0.15, 0.2) is 4.67 Å². The van der Waals surface area contributed by atoms with Gasteiger partial charge in [-0.05, 0) is 37.9 Å². The standard InChI is InChI=1S/C10H15Br2NO2/c1-10(2,6-14)5-13-4-7-3-8(11)9(12)15-7/h3,13-14H,4-6H2,1-2H3. The maximum absolute atomic E-state index is 9.06. The predicted molar refractivity (Wildman–Crippen MR) is 66.7 cm³/mol. The highest BCUT2D eigenvalue weighted by Crippen LogP contribution is 2.26. The van der Waals surface area contributed by atoms with Crippen LogP contribution in [0.2, 0.25) is 0 Å². The van der Waals surface area contributed by atoms with E-state index in [0.717, 1.165) is 16.8 Å². The van der Waals surface area contributed by atoms with Gasteiger partial charge in [0.2, 0.25) is 0 Å². The second-order valence-electron chi connectivity index (χ2n) is 4.26. The quantitative estimate of drug-likeness (QED) is 0.866. The molecule has 1 rings (SSSR count). The van der Waals surface area contributed by atoms with E-state index in [0.29, 0.717) is 11.2 Å². The molecule has 0 spiro atoms. The van der Waals surface area contributed by atoms with E-state index in [4.69, 9.17) is 9.52 Å². The smallest absolute Gasteiger partial charge is 0.183 e. The zero-order valence-electron chi connectivity index (χ0n) is 8.81. The molecule has 0 amide bonds. The fourth-order valence-electron chi connectivity index (χ4n) is 1.06. The molecular formula is C10H15Br2NO2. The van der Waals surface area contributed by atoms with Crippen LogP contribution in [0, 0.1) is 5.41 Å². The van der Waals surface area contributed by atoms with Crippen molar-refractivity contribution in [1.82, 2.24) is 5.32 Å². The lowest BCUT2D eigenvalue weighted by molar-refractivity contribution is 0.156. The molecule has 3 nitrogen and oxygen atoms in total. The third-order valence-electron chi connectivity index (χ3n) is 2.03. The third kappa shape index (κ3) is 4.26. The first-order valence-electron chi connectivity index (χ1n) is 4.70. The van der Waals surface area contributed by atoms with Crippen molar-refractivity contribution in [2.45, 2.75) is 20.4 Å². The van der Waals surface area contributed by atoms with Crippen LogP contribution in [-0.2, 0) is 6.54 Å². The number of aliphatic hydroxyl groups is 1. The molecule has 1 aromatic rings. The summed E-state index contributed by atoms with van der Waals surface area (Å²) in [6, 6.07) is 1.92. The second kappa shape index (κ2) is 5.48. The highest BCUT2D eigenvalue weighted by molar-refractivity contribution is 9.13. The van der Waals surface area contributed by atoms with Crippen molar-refractivity contribution in [3.05, 3.63) is 21.0 Å². The molecule has 1 aromatic heterocycles. The van der Waals surface area contributed by atoms with Crippen molar-refractivity contribution >= 4 is 31.9 Å². The monoisotopic (exact) mass is 339 g/mol. The van der Waals surface area contributed by atoms with E-state index in [1.807, 2.05) is 19.9 Å². The van der Waals surface area contributed by atoms with Crippen LogP contribution in [0.5, 0.6) is 0 Å². The Morgan fingerprint density at radius 1 is 1.47 bits per heavy atom. The van der Waals surface area contributed by atoms with Crippen molar-refractivity contribution in [2.24, 2.45) is 5.41 Å². The maximum Gasteiger partial charge on any atom is 0.183 e. The molecule has 0 atom stereocenters. The predicted octanol–water partition coefficient (Wildman–Crippen LogP) is 2.91. The summed E-state index contributed by atoms with van der Waals surface area (Å²) < 4.78 is 7.03. The molecular weight excluding hydrogens is 326 g/mol. The molecule has 1 heterocycles. The van der Waals surface area contributed by atoms with Crippen molar-refractivity contribution in [1.29, 1.82) is 0 Å². The van der Waals surface area contributed by atoms with Crippen molar-refractivity contribution in [3.63, 3.8) is 0 Å². The van der Waals surface area contributed by atoms with E-state index >= 15 is 0 Å². The Balaban J connectivity index is 2.38. The summed E-state index contributed by atoms with van der Waals surface area (Å²) in [5, 5.41) is 12.3. The molecule has 0 aromatic carbocycles. The van der Waals surface area contributed by atoms with Gasteiger partial charge in [0, 0.05) is 18.6 Å². The number of nitrogens with one attached hydrogen (secondary N) is 1. The first-order valence-corrected chi connectivity index (χ1v) is 6.28. The fourth-order valence-corrected chi connectivity index (χ4v) is 1.72.